The van der Waals surface area contributed by atoms with Crippen LogP contribution in [0.15, 0.2) is 30.3 Å². The zero-order chi connectivity index (χ0) is 19.5. The standard InChI is InChI=1S/C22H31N5O/c1-16(18-6-3-2-4-7-18)11-13-27-20(14-17-9-10-17)24-25-22(27)26-12-5-8-19(15-26)21(23)28/h2-4,6-7,16-17,19H,5,8-15H2,1H3,(H2,23,28). The number of nitrogens with two attached hydrogens (primary N) is 1. The van der Waals surface area contributed by atoms with Gasteiger partial charge in [0.25, 0.3) is 0 Å². The number of carbonyl (C=O) groups is 1. The highest BCUT2D eigenvalue weighted by Crippen LogP contribution is 2.33. The van der Waals surface area contributed by atoms with Crippen LogP contribution >= 0.6 is 0 Å². The Kier molecular flexibility index (Phi) is 5.64. The summed E-state index contributed by atoms with van der Waals surface area (Å²) in [5.41, 5.74) is 6.95. The smallest absolute Gasteiger partial charge is 0.227 e. The Balaban J connectivity index is 1.51. The first kappa shape index (κ1) is 19.0. The lowest BCUT2D eigenvalue weighted by molar-refractivity contribution is -0.122. The summed E-state index contributed by atoms with van der Waals surface area (Å²) in [6, 6.07) is 10.7. The number of primary amides is 1. The molecule has 0 radical (unpaired) electrons. The molecule has 2 fully saturated rings. The van der Waals surface area contributed by atoms with Gasteiger partial charge in [0.2, 0.25) is 11.9 Å². The van der Waals surface area contributed by atoms with Crippen molar-refractivity contribution in [3.63, 3.8) is 0 Å². The molecule has 0 bridgehead atoms. The van der Waals surface area contributed by atoms with Gasteiger partial charge in [-0.2, -0.15) is 0 Å². The van der Waals surface area contributed by atoms with Crippen molar-refractivity contribution in [1.82, 2.24) is 14.8 Å². The van der Waals surface area contributed by atoms with E-state index in [0.29, 0.717) is 12.5 Å². The quantitative estimate of drug-likeness (QED) is 0.762. The largest absolute Gasteiger partial charge is 0.369 e. The minimum atomic E-state index is -0.202. The molecule has 6 heteroatoms. The van der Waals surface area contributed by atoms with Gasteiger partial charge in [-0.25, -0.2) is 0 Å². The van der Waals surface area contributed by atoms with Crippen molar-refractivity contribution in [1.29, 1.82) is 0 Å². The molecule has 1 aromatic heterocycles. The highest BCUT2D eigenvalue weighted by molar-refractivity contribution is 5.77. The van der Waals surface area contributed by atoms with E-state index in [9.17, 15) is 4.79 Å². The number of aromatic nitrogens is 3. The lowest BCUT2D eigenvalue weighted by atomic mass is 9.97. The molecule has 4 rings (SSSR count). The van der Waals surface area contributed by atoms with Crippen molar-refractivity contribution in [3.05, 3.63) is 41.7 Å². The fourth-order valence-corrected chi connectivity index (χ4v) is 4.18. The average molecular weight is 382 g/mol. The molecule has 2 N–H and O–H groups in total. The van der Waals surface area contributed by atoms with Gasteiger partial charge in [-0.1, -0.05) is 37.3 Å². The summed E-state index contributed by atoms with van der Waals surface area (Å²) in [6.07, 6.45) is 6.50. The Morgan fingerprint density at radius 2 is 2.00 bits per heavy atom. The Hall–Kier alpha value is -2.37. The van der Waals surface area contributed by atoms with Crippen LogP contribution in [0.2, 0.25) is 0 Å². The summed E-state index contributed by atoms with van der Waals surface area (Å²) in [6.45, 7) is 4.76. The summed E-state index contributed by atoms with van der Waals surface area (Å²) in [7, 11) is 0. The van der Waals surface area contributed by atoms with E-state index in [1.54, 1.807) is 0 Å². The highest BCUT2D eigenvalue weighted by Gasteiger charge is 2.30. The molecule has 150 valence electrons. The van der Waals surface area contributed by atoms with Crippen LogP contribution in [0.4, 0.5) is 5.95 Å². The van der Waals surface area contributed by atoms with Gasteiger partial charge >= 0.3 is 0 Å². The van der Waals surface area contributed by atoms with Gasteiger partial charge in [0.15, 0.2) is 0 Å². The first-order chi connectivity index (χ1) is 13.6. The van der Waals surface area contributed by atoms with E-state index >= 15 is 0 Å². The number of hydrogen-bond acceptors (Lipinski definition) is 4. The van der Waals surface area contributed by atoms with E-state index < -0.39 is 0 Å². The molecule has 1 aliphatic carbocycles. The van der Waals surface area contributed by atoms with Gasteiger partial charge in [0.05, 0.1) is 5.92 Å². The van der Waals surface area contributed by atoms with E-state index in [1.807, 2.05) is 0 Å². The molecule has 28 heavy (non-hydrogen) atoms. The molecule has 2 atom stereocenters. The summed E-state index contributed by atoms with van der Waals surface area (Å²) in [4.78, 5) is 13.9. The molecule has 2 heterocycles. The van der Waals surface area contributed by atoms with Crippen molar-refractivity contribution < 1.29 is 4.79 Å². The summed E-state index contributed by atoms with van der Waals surface area (Å²) < 4.78 is 2.31. The van der Waals surface area contributed by atoms with Crippen molar-refractivity contribution in [2.75, 3.05) is 18.0 Å². The lowest BCUT2D eigenvalue weighted by Gasteiger charge is -2.32. The third-order valence-electron chi connectivity index (χ3n) is 6.24. The third kappa shape index (κ3) is 4.37. The number of piperidine rings is 1. The predicted molar refractivity (Wildman–Crippen MR) is 110 cm³/mol. The maximum Gasteiger partial charge on any atom is 0.227 e. The van der Waals surface area contributed by atoms with Gasteiger partial charge in [0, 0.05) is 26.1 Å². The Labute approximate surface area is 167 Å². The molecule has 1 saturated heterocycles. The second-order valence-corrected chi connectivity index (χ2v) is 8.50. The predicted octanol–water partition coefficient (Wildman–Crippen LogP) is 3.13. The van der Waals surface area contributed by atoms with E-state index in [1.165, 1.54) is 18.4 Å². The van der Waals surface area contributed by atoms with E-state index in [0.717, 1.165) is 56.5 Å². The molecule has 1 aliphatic heterocycles. The van der Waals surface area contributed by atoms with Crippen molar-refractivity contribution in [3.8, 4) is 0 Å². The Morgan fingerprint density at radius 3 is 2.71 bits per heavy atom. The van der Waals surface area contributed by atoms with Gasteiger partial charge in [0.1, 0.15) is 5.82 Å². The second-order valence-electron chi connectivity index (χ2n) is 8.50. The average Bonchev–Trinajstić information content (AvgIpc) is 3.45. The van der Waals surface area contributed by atoms with Gasteiger partial charge in [-0.3, -0.25) is 9.36 Å². The monoisotopic (exact) mass is 381 g/mol. The number of amides is 1. The molecule has 1 aromatic carbocycles. The van der Waals surface area contributed by atoms with Crippen molar-refractivity contribution >= 4 is 11.9 Å². The first-order valence-electron chi connectivity index (χ1n) is 10.6. The molecule has 0 spiro atoms. The van der Waals surface area contributed by atoms with Gasteiger partial charge in [-0.15, -0.1) is 10.2 Å². The summed E-state index contributed by atoms with van der Waals surface area (Å²) in [5, 5.41) is 9.10. The highest BCUT2D eigenvalue weighted by atomic mass is 16.1. The Bertz CT molecular complexity index is 799. The molecule has 2 aromatic rings. The van der Waals surface area contributed by atoms with E-state index in [2.05, 4.69) is 56.9 Å². The summed E-state index contributed by atoms with van der Waals surface area (Å²) in [5.74, 6) is 2.97. The van der Waals surface area contributed by atoms with Crippen LogP contribution in [0.5, 0.6) is 0 Å². The number of benzene rings is 1. The molecule has 6 nitrogen and oxygen atoms in total. The second kappa shape index (κ2) is 8.33. The first-order valence-corrected chi connectivity index (χ1v) is 10.6. The number of hydrogen-bond donors (Lipinski definition) is 1. The zero-order valence-corrected chi connectivity index (χ0v) is 16.8. The molecular weight excluding hydrogens is 350 g/mol. The minimum absolute atomic E-state index is 0.0889. The van der Waals surface area contributed by atoms with Crippen molar-refractivity contribution in [2.45, 2.75) is 57.9 Å². The molecule has 1 saturated carbocycles. The fraction of sp³-hybridized carbons (Fsp3) is 0.591. The minimum Gasteiger partial charge on any atom is -0.369 e. The van der Waals surface area contributed by atoms with Gasteiger partial charge < -0.3 is 10.6 Å². The number of rotatable bonds is 8. The molecule has 2 unspecified atom stereocenters. The fourth-order valence-electron chi connectivity index (χ4n) is 4.18. The van der Waals surface area contributed by atoms with Crippen LogP contribution in [0.3, 0.4) is 0 Å². The third-order valence-corrected chi connectivity index (χ3v) is 6.24. The van der Waals surface area contributed by atoms with Crippen LogP contribution in [0.1, 0.15) is 56.3 Å². The number of nitrogens with zero attached hydrogens (tertiary/aromatic N) is 4. The molecule has 2 aliphatic rings. The topological polar surface area (TPSA) is 77.0 Å². The van der Waals surface area contributed by atoms with Crippen molar-refractivity contribution in [2.24, 2.45) is 17.6 Å². The normalized spacial score (nSPS) is 20.9. The zero-order valence-electron chi connectivity index (χ0n) is 16.8. The number of anilines is 1. The SMILES string of the molecule is CC(CCn1c(CC2CC2)nnc1N1CCCC(C(N)=O)C1)c1ccccc1. The van der Waals surface area contributed by atoms with E-state index in [-0.39, 0.29) is 11.8 Å². The van der Waals surface area contributed by atoms with Crippen LogP contribution in [-0.4, -0.2) is 33.8 Å². The summed E-state index contributed by atoms with van der Waals surface area (Å²) >= 11 is 0. The van der Waals surface area contributed by atoms with Crippen LogP contribution in [0, 0.1) is 11.8 Å². The van der Waals surface area contributed by atoms with Crippen LogP contribution in [-0.2, 0) is 17.8 Å². The lowest BCUT2D eigenvalue weighted by Crippen LogP contribution is -2.42. The van der Waals surface area contributed by atoms with Crippen LogP contribution in [0.25, 0.3) is 0 Å². The van der Waals surface area contributed by atoms with Gasteiger partial charge in [-0.05, 0) is 49.5 Å². The molecule has 1 amide bonds. The van der Waals surface area contributed by atoms with Crippen LogP contribution < -0.4 is 10.6 Å². The molecular formula is C22H31N5O. The van der Waals surface area contributed by atoms with E-state index in [4.69, 9.17) is 5.73 Å². The maximum absolute atomic E-state index is 11.7. The Morgan fingerprint density at radius 1 is 1.21 bits per heavy atom. The maximum atomic E-state index is 11.7. The number of carbonyl (C=O) groups excluding carboxylic acids is 1.